The van der Waals surface area contributed by atoms with Gasteiger partial charge in [0, 0.05) is 5.92 Å². The fraction of sp³-hybridized carbons (Fsp3) is 1.00. The molecule has 1 aliphatic rings. The van der Waals surface area contributed by atoms with Crippen molar-refractivity contribution in [2.24, 2.45) is 5.92 Å². The van der Waals surface area contributed by atoms with E-state index < -0.39 is 12.2 Å². The second kappa shape index (κ2) is 3.73. The average Bonchev–Trinajstić information content (AvgIpc) is 2.08. The molecule has 0 aromatic carbocycles. The zero-order chi connectivity index (χ0) is 9.30. The molecule has 5 atom stereocenters. The molecule has 0 aliphatic carbocycles. The molecule has 2 N–H and O–H groups in total. The number of hydrogen-bond donors (Lipinski definition) is 2. The van der Waals surface area contributed by atoms with E-state index in [9.17, 15) is 10.2 Å². The van der Waals surface area contributed by atoms with Crippen LogP contribution < -0.4 is 0 Å². The first kappa shape index (κ1) is 9.96. The third-order valence-corrected chi connectivity index (χ3v) is 2.75. The summed E-state index contributed by atoms with van der Waals surface area (Å²) in [6.07, 6.45) is -0.656. The minimum atomic E-state index is -0.734. The van der Waals surface area contributed by atoms with E-state index in [1.807, 2.05) is 13.8 Å². The molecule has 3 heteroatoms. The van der Waals surface area contributed by atoms with Crippen molar-refractivity contribution in [1.82, 2.24) is 0 Å². The zero-order valence-electron chi connectivity index (χ0n) is 7.90. The van der Waals surface area contributed by atoms with Crippen molar-refractivity contribution < 1.29 is 14.9 Å². The summed E-state index contributed by atoms with van der Waals surface area (Å²) in [5.74, 6) is 0.0289. The van der Waals surface area contributed by atoms with Crippen LogP contribution >= 0.6 is 0 Å². The molecule has 1 saturated heterocycles. The fourth-order valence-corrected chi connectivity index (χ4v) is 1.76. The van der Waals surface area contributed by atoms with E-state index in [1.165, 1.54) is 0 Å². The first-order valence-electron chi connectivity index (χ1n) is 4.59. The Balaban J connectivity index is 2.63. The van der Waals surface area contributed by atoms with E-state index in [2.05, 4.69) is 0 Å². The standard InChI is InChI=1S/C9H18O3/c1-4-7-5(2)8(10)9(11)6(3)12-7/h5-11H,4H2,1-3H3/t5-,6-,7?,8-,9?/m0/s1. The second-order valence-electron chi connectivity index (χ2n) is 3.63. The predicted molar refractivity (Wildman–Crippen MR) is 45.8 cm³/mol. The van der Waals surface area contributed by atoms with Crippen LogP contribution in [0.1, 0.15) is 27.2 Å². The number of hydrogen-bond acceptors (Lipinski definition) is 3. The van der Waals surface area contributed by atoms with E-state index >= 15 is 0 Å². The molecule has 3 nitrogen and oxygen atoms in total. The van der Waals surface area contributed by atoms with E-state index in [4.69, 9.17) is 4.74 Å². The highest BCUT2D eigenvalue weighted by Crippen LogP contribution is 2.27. The lowest BCUT2D eigenvalue weighted by Gasteiger charge is -2.40. The van der Waals surface area contributed by atoms with Crippen LogP contribution in [0.15, 0.2) is 0 Å². The summed E-state index contributed by atoms with van der Waals surface area (Å²) >= 11 is 0. The monoisotopic (exact) mass is 174 g/mol. The summed E-state index contributed by atoms with van der Waals surface area (Å²) < 4.78 is 5.52. The maximum absolute atomic E-state index is 9.59. The summed E-state index contributed by atoms with van der Waals surface area (Å²) in [7, 11) is 0. The molecule has 0 saturated carbocycles. The van der Waals surface area contributed by atoms with Gasteiger partial charge in [-0.3, -0.25) is 0 Å². The smallest absolute Gasteiger partial charge is 0.106 e. The van der Waals surface area contributed by atoms with E-state index in [1.54, 1.807) is 6.92 Å². The van der Waals surface area contributed by atoms with Crippen molar-refractivity contribution in [3.8, 4) is 0 Å². The topological polar surface area (TPSA) is 49.7 Å². The van der Waals surface area contributed by atoms with Gasteiger partial charge in [0.2, 0.25) is 0 Å². The first-order valence-corrected chi connectivity index (χ1v) is 4.59. The Morgan fingerprint density at radius 1 is 1.17 bits per heavy atom. The van der Waals surface area contributed by atoms with Gasteiger partial charge in [0.15, 0.2) is 0 Å². The number of rotatable bonds is 1. The molecule has 12 heavy (non-hydrogen) atoms. The number of ether oxygens (including phenoxy) is 1. The van der Waals surface area contributed by atoms with Gasteiger partial charge in [0.05, 0.1) is 18.3 Å². The van der Waals surface area contributed by atoms with Crippen LogP contribution in [-0.4, -0.2) is 34.6 Å². The molecule has 1 fully saturated rings. The minimum absolute atomic E-state index is 0.0289. The van der Waals surface area contributed by atoms with Gasteiger partial charge in [-0.2, -0.15) is 0 Å². The third kappa shape index (κ3) is 1.63. The summed E-state index contributed by atoms with van der Waals surface area (Å²) in [5.41, 5.74) is 0. The van der Waals surface area contributed by atoms with E-state index in [0.29, 0.717) is 0 Å². The lowest BCUT2D eigenvalue weighted by Crippen LogP contribution is -2.52. The lowest BCUT2D eigenvalue weighted by molar-refractivity contribution is -0.190. The molecule has 0 radical (unpaired) electrons. The Labute approximate surface area is 73.4 Å². The minimum Gasteiger partial charge on any atom is -0.390 e. The quantitative estimate of drug-likeness (QED) is 0.610. The molecule has 2 unspecified atom stereocenters. The first-order chi connectivity index (χ1) is 5.57. The Morgan fingerprint density at radius 2 is 1.75 bits per heavy atom. The van der Waals surface area contributed by atoms with Gasteiger partial charge in [-0.05, 0) is 13.3 Å². The largest absolute Gasteiger partial charge is 0.390 e. The van der Waals surface area contributed by atoms with Gasteiger partial charge in [-0.25, -0.2) is 0 Å². The van der Waals surface area contributed by atoms with Crippen molar-refractivity contribution in [2.75, 3.05) is 0 Å². The normalized spacial score (nSPS) is 49.2. The molecule has 0 spiro atoms. The fourth-order valence-electron chi connectivity index (χ4n) is 1.76. The van der Waals surface area contributed by atoms with E-state index in [-0.39, 0.29) is 18.1 Å². The van der Waals surface area contributed by atoms with Crippen molar-refractivity contribution in [3.63, 3.8) is 0 Å². The van der Waals surface area contributed by atoms with Gasteiger partial charge in [0.1, 0.15) is 6.10 Å². The maximum atomic E-state index is 9.59. The van der Waals surface area contributed by atoms with Gasteiger partial charge in [0.25, 0.3) is 0 Å². The molecule has 0 aromatic heterocycles. The summed E-state index contributed by atoms with van der Waals surface area (Å²) in [6.45, 7) is 5.73. The molecule has 72 valence electrons. The summed E-state index contributed by atoms with van der Waals surface area (Å²) in [6, 6.07) is 0. The van der Waals surface area contributed by atoms with Gasteiger partial charge < -0.3 is 14.9 Å². The summed E-state index contributed by atoms with van der Waals surface area (Å²) in [4.78, 5) is 0. The number of aliphatic hydroxyl groups is 2. The molecule has 1 aliphatic heterocycles. The molecule has 0 amide bonds. The van der Waals surface area contributed by atoms with Crippen molar-refractivity contribution >= 4 is 0 Å². The second-order valence-corrected chi connectivity index (χ2v) is 3.63. The molecule has 0 aromatic rings. The van der Waals surface area contributed by atoms with Crippen molar-refractivity contribution in [2.45, 2.75) is 51.6 Å². The van der Waals surface area contributed by atoms with Crippen LogP contribution in [0.25, 0.3) is 0 Å². The highest BCUT2D eigenvalue weighted by Gasteiger charge is 2.38. The maximum Gasteiger partial charge on any atom is 0.106 e. The Morgan fingerprint density at radius 3 is 2.25 bits per heavy atom. The van der Waals surface area contributed by atoms with Gasteiger partial charge in [-0.1, -0.05) is 13.8 Å². The van der Waals surface area contributed by atoms with Crippen LogP contribution in [0.2, 0.25) is 0 Å². The van der Waals surface area contributed by atoms with E-state index in [0.717, 1.165) is 6.42 Å². The Hall–Kier alpha value is -0.120. The third-order valence-electron chi connectivity index (χ3n) is 2.75. The predicted octanol–water partition coefficient (Wildman–Crippen LogP) is 0.542. The van der Waals surface area contributed by atoms with Crippen molar-refractivity contribution in [1.29, 1.82) is 0 Å². The van der Waals surface area contributed by atoms with Gasteiger partial charge >= 0.3 is 0 Å². The Kier molecular flexibility index (Phi) is 3.09. The Bertz CT molecular complexity index is 144. The van der Waals surface area contributed by atoms with Crippen LogP contribution in [0, 0.1) is 5.92 Å². The lowest BCUT2D eigenvalue weighted by atomic mass is 9.87. The molecular formula is C9H18O3. The molecule has 1 heterocycles. The van der Waals surface area contributed by atoms with Crippen LogP contribution in [0.4, 0.5) is 0 Å². The zero-order valence-corrected chi connectivity index (χ0v) is 7.90. The van der Waals surface area contributed by atoms with Crippen LogP contribution in [0.3, 0.4) is 0 Å². The van der Waals surface area contributed by atoms with Gasteiger partial charge in [-0.15, -0.1) is 0 Å². The molecule has 0 bridgehead atoms. The average molecular weight is 174 g/mol. The number of aliphatic hydroxyl groups excluding tert-OH is 2. The molecule has 1 rings (SSSR count). The highest BCUT2D eigenvalue weighted by atomic mass is 16.5. The summed E-state index contributed by atoms with van der Waals surface area (Å²) in [5, 5.41) is 19.0. The highest BCUT2D eigenvalue weighted by molar-refractivity contribution is 4.87. The van der Waals surface area contributed by atoms with Crippen molar-refractivity contribution in [3.05, 3.63) is 0 Å². The molecular weight excluding hydrogens is 156 g/mol. The SMILES string of the molecule is CCC1O[C@@H](C)C(O)[C@@H](O)[C@H]1C. The van der Waals surface area contributed by atoms with Crippen LogP contribution in [0.5, 0.6) is 0 Å². The van der Waals surface area contributed by atoms with Crippen LogP contribution in [-0.2, 0) is 4.74 Å².